The lowest BCUT2D eigenvalue weighted by molar-refractivity contribution is -0.118. The largest absolute Gasteiger partial charge is 0.444 e. The fourth-order valence-corrected chi connectivity index (χ4v) is 7.22. The maximum absolute atomic E-state index is 14.4. The van der Waals surface area contributed by atoms with Crippen LogP contribution in [0, 0.1) is 0 Å². The fourth-order valence-electron chi connectivity index (χ4n) is 6.14. The fraction of sp³-hybridized carbons (Fsp3) is 0.364. The minimum atomic E-state index is -1.05. The van der Waals surface area contributed by atoms with Crippen molar-refractivity contribution in [3.63, 3.8) is 0 Å². The van der Waals surface area contributed by atoms with E-state index in [0.717, 1.165) is 11.3 Å². The molecule has 1 saturated heterocycles. The highest BCUT2D eigenvalue weighted by Crippen LogP contribution is 2.40. The Morgan fingerprint density at radius 2 is 1.85 bits per heavy atom. The van der Waals surface area contributed by atoms with Crippen LogP contribution in [0.3, 0.4) is 0 Å². The van der Waals surface area contributed by atoms with Crippen molar-refractivity contribution in [1.82, 2.24) is 29.2 Å². The molecule has 2 amide bonds. The van der Waals surface area contributed by atoms with Gasteiger partial charge in [-0.05, 0) is 44.5 Å². The number of imidazole rings is 1. The molecular weight excluding hydrogens is 678 g/mol. The molecule has 5 heterocycles. The second-order valence-electron chi connectivity index (χ2n) is 12.9. The number of alkyl halides is 1. The lowest BCUT2D eigenvalue weighted by Crippen LogP contribution is -2.50. The number of nitrogens with zero attached hydrogens (tertiary/aromatic N) is 7. The van der Waals surface area contributed by atoms with Crippen LogP contribution in [0.5, 0.6) is 0 Å². The molecule has 15 heteroatoms. The van der Waals surface area contributed by atoms with Crippen molar-refractivity contribution in [3.05, 3.63) is 75.9 Å². The third-order valence-corrected chi connectivity index (χ3v) is 9.79. The highest BCUT2D eigenvalue weighted by atomic mass is 35.5. The summed E-state index contributed by atoms with van der Waals surface area (Å²) in [6.45, 7) is 8.26. The van der Waals surface area contributed by atoms with E-state index in [-0.39, 0.29) is 19.1 Å². The van der Waals surface area contributed by atoms with Crippen LogP contribution in [-0.4, -0.2) is 79.2 Å². The first kappa shape index (κ1) is 32.4. The average molecular weight is 712 g/mol. The number of thiazole rings is 1. The van der Waals surface area contributed by atoms with E-state index in [1.807, 2.05) is 45.0 Å². The molecule has 0 saturated carbocycles. The molecule has 2 aromatic carbocycles. The van der Waals surface area contributed by atoms with E-state index in [0.29, 0.717) is 69.2 Å². The maximum atomic E-state index is 14.4. The van der Waals surface area contributed by atoms with Crippen LogP contribution < -0.4 is 10.2 Å². The van der Waals surface area contributed by atoms with Gasteiger partial charge in [0.2, 0.25) is 0 Å². The number of aromatic nitrogens is 5. The molecule has 48 heavy (non-hydrogen) atoms. The van der Waals surface area contributed by atoms with Gasteiger partial charge < -0.3 is 19.1 Å². The lowest BCUT2D eigenvalue weighted by atomic mass is 10.0. The van der Waals surface area contributed by atoms with Gasteiger partial charge in [-0.3, -0.25) is 14.8 Å². The molecule has 3 aromatic heterocycles. The van der Waals surface area contributed by atoms with Crippen molar-refractivity contribution in [2.45, 2.75) is 51.6 Å². The molecule has 5 aromatic rings. The second kappa shape index (κ2) is 12.7. The summed E-state index contributed by atoms with van der Waals surface area (Å²) in [7, 11) is 0. The van der Waals surface area contributed by atoms with Gasteiger partial charge in [-0.25, -0.2) is 19.2 Å². The third-order valence-electron chi connectivity index (χ3n) is 8.40. The number of piperazine rings is 1. The van der Waals surface area contributed by atoms with Gasteiger partial charge in [-0.1, -0.05) is 35.3 Å². The van der Waals surface area contributed by atoms with Crippen LogP contribution in [0.25, 0.3) is 22.0 Å². The number of hydrogen-bond acceptors (Lipinski definition) is 8. The predicted octanol–water partition coefficient (Wildman–Crippen LogP) is 6.84. The zero-order chi connectivity index (χ0) is 33.7. The SMILES string of the molecule is CC(C)(C)OC(=O)N1CCN(c2ccc(-c3cc(Cl)c4cn(C(C(=O)Nc5nccs5)c5ncn6c5C[C@@H](F)C6)nc4c3Cl)cc2)CC1. The normalized spacial score (nSPS) is 17.1. The Bertz CT molecular complexity index is 1980. The van der Waals surface area contributed by atoms with Crippen molar-refractivity contribution >= 4 is 68.3 Å². The van der Waals surface area contributed by atoms with Crippen molar-refractivity contribution in [1.29, 1.82) is 0 Å². The maximum Gasteiger partial charge on any atom is 0.410 e. The molecule has 2 aliphatic heterocycles. The van der Waals surface area contributed by atoms with Gasteiger partial charge in [0.1, 0.15) is 17.3 Å². The summed E-state index contributed by atoms with van der Waals surface area (Å²) in [5.74, 6) is -0.420. The van der Waals surface area contributed by atoms with Crippen LogP contribution in [0.2, 0.25) is 10.0 Å². The number of ether oxygens (including phenoxy) is 1. The van der Waals surface area contributed by atoms with E-state index in [9.17, 15) is 14.0 Å². The summed E-state index contributed by atoms with van der Waals surface area (Å²) in [5, 5.41) is 11.2. The van der Waals surface area contributed by atoms with Gasteiger partial charge in [0.25, 0.3) is 5.91 Å². The monoisotopic (exact) mass is 710 g/mol. The number of fused-ring (bicyclic) bond motifs is 2. The number of carbonyl (C=O) groups excluding carboxylic acids is 2. The van der Waals surface area contributed by atoms with E-state index in [4.69, 9.17) is 33.0 Å². The van der Waals surface area contributed by atoms with Crippen LogP contribution in [-0.2, 0) is 22.5 Å². The van der Waals surface area contributed by atoms with E-state index in [1.54, 1.807) is 39.6 Å². The number of rotatable bonds is 6. The Morgan fingerprint density at radius 3 is 2.54 bits per heavy atom. The number of anilines is 2. The first-order chi connectivity index (χ1) is 22.9. The van der Waals surface area contributed by atoms with Gasteiger partial charge in [0, 0.05) is 72.7 Å². The zero-order valence-electron chi connectivity index (χ0n) is 26.5. The Labute approximate surface area is 290 Å². The summed E-state index contributed by atoms with van der Waals surface area (Å²) in [4.78, 5) is 38.9. The zero-order valence-corrected chi connectivity index (χ0v) is 28.8. The van der Waals surface area contributed by atoms with E-state index >= 15 is 0 Å². The molecule has 1 N–H and O–H groups in total. The highest BCUT2D eigenvalue weighted by Gasteiger charge is 2.35. The lowest BCUT2D eigenvalue weighted by Gasteiger charge is -2.36. The van der Waals surface area contributed by atoms with Crippen LogP contribution in [0.4, 0.5) is 20.0 Å². The Kier molecular flexibility index (Phi) is 8.55. The topological polar surface area (TPSA) is 110 Å². The molecular formula is C33H33Cl2FN8O3S. The Balaban J connectivity index is 1.16. The second-order valence-corrected chi connectivity index (χ2v) is 14.5. The van der Waals surface area contributed by atoms with Gasteiger partial charge in [-0.15, -0.1) is 11.3 Å². The molecule has 1 fully saturated rings. The molecule has 1 unspecified atom stereocenters. The summed E-state index contributed by atoms with van der Waals surface area (Å²) in [5.41, 5.74) is 3.49. The van der Waals surface area contributed by atoms with Crippen LogP contribution >= 0.6 is 34.5 Å². The summed E-state index contributed by atoms with van der Waals surface area (Å²) < 4.78 is 23.1. The van der Waals surface area contributed by atoms with Crippen LogP contribution in [0.1, 0.15) is 38.2 Å². The summed E-state index contributed by atoms with van der Waals surface area (Å²) in [6, 6.07) is 8.75. The molecule has 250 valence electrons. The van der Waals surface area contributed by atoms with Gasteiger partial charge in [0.05, 0.1) is 28.6 Å². The number of benzene rings is 2. The third kappa shape index (κ3) is 6.34. The van der Waals surface area contributed by atoms with Crippen molar-refractivity contribution in [3.8, 4) is 11.1 Å². The smallest absolute Gasteiger partial charge is 0.410 e. The molecule has 11 nitrogen and oxygen atoms in total. The molecule has 2 atom stereocenters. The van der Waals surface area contributed by atoms with Crippen molar-refractivity contribution < 1.29 is 18.7 Å². The molecule has 7 rings (SSSR count). The van der Waals surface area contributed by atoms with Gasteiger partial charge in [0.15, 0.2) is 11.2 Å². The summed E-state index contributed by atoms with van der Waals surface area (Å²) in [6.07, 6.45) is 3.63. The van der Waals surface area contributed by atoms with Gasteiger partial charge >= 0.3 is 6.09 Å². The van der Waals surface area contributed by atoms with Gasteiger partial charge in [-0.2, -0.15) is 5.10 Å². The Morgan fingerprint density at radius 1 is 1.10 bits per heavy atom. The average Bonchev–Trinajstić information content (AvgIpc) is 3.85. The molecule has 0 bridgehead atoms. The van der Waals surface area contributed by atoms with E-state index < -0.39 is 23.7 Å². The van der Waals surface area contributed by atoms with E-state index in [2.05, 4.69) is 20.2 Å². The first-order valence-corrected chi connectivity index (χ1v) is 17.2. The molecule has 0 aliphatic carbocycles. The number of nitrogens with one attached hydrogen (secondary N) is 1. The number of hydrogen-bond donors (Lipinski definition) is 1. The molecule has 0 spiro atoms. The minimum absolute atomic E-state index is 0.151. The summed E-state index contributed by atoms with van der Waals surface area (Å²) >= 11 is 15.1. The predicted molar refractivity (Wildman–Crippen MR) is 185 cm³/mol. The minimum Gasteiger partial charge on any atom is -0.444 e. The van der Waals surface area contributed by atoms with Crippen LogP contribution in [0.15, 0.2) is 54.4 Å². The number of halogens is 3. The molecule has 0 radical (unpaired) electrons. The standard InChI is InChI=1S/C33H33Cl2FN8O3S/c1-33(2,3)47-32(46)42-11-9-41(10-12-42)21-6-4-19(5-7-21)22-15-24(34)23-17-44(40-27(23)26(22)35)29(30(45)39-31-37-8-13-48-31)28-25-14-20(36)16-43(25)18-38-28/h4-8,13,15,17-18,20,29H,9-12,14,16H2,1-3H3,(H,37,39,45)/t20-,29?/m1/s1. The quantitative estimate of drug-likeness (QED) is 0.205. The number of carbonyl (C=O) groups is 2. The molecule has 2 aliphatic rings. The Hall–Kier alpha value is -4.20. The van der Waals surface area contributed by atoms with Crippen molar-refractivity contribution in [2.75, 3.05) is 36.4 Å². The van der Waals surface area contributed by atoms with Crippen molar-refractivity contribution in [2.24, 2.45) is 0 Å². The highest BCUT2D eigenvalue weighted by molar-refractivity contribution is 7.13. The van der Waals surface area contributed by atoms with E-state index in [1.165, 1.54) is 16.0 Å². The first-order valence-electron chi connectivity index (χ1n) is 15.5. The number of amides is 2.